The van der Waals surface area contributed by atoms with Crippen LogP contribution >= 0.6 is 0 Å². The molecule has 2 unspecified atom stereocenters. The Labute approximate surface area is 624 Å². The molecule has 23 nitrogen and oxygen atoms in total. The van der Waals surface area contributed by atoms with E-state index in [4.69, 9.17) is 29.4 Å². The number of esters is 3. The van der Waals surface area contributed by atoms with Crippen LogP contribution in [0.1, 0.15) is 118 Å². The quantitative estimate of drug-likeness (QED) is 0.0117. The van der Waals surface area contributed by atoms with Crippen molar-refractivity contribution in [2.24, 2.45) is 10.8 Å². The molecular formula is C64H82F4K2N6O17. The number of halogens is 4. The summed E-state index contributed by atoms with van der Waals surface area (Å²) in [6, 6.07) is 18.1. The zero-order valence-corrected chi connectivity index (χ0v) is 61.5. The fourth-order valence-electron chi connectivity index (χ4n) is 10.5. The number of hydrogen-bond acceptors (Lipinski definition) is 17. The third-order valence-corrected chi connectivity index (χ3v) is 15.2. The van der Waals surface area contributed by atoms with Crippen LogP contribution in [0.15, 0.2) is 84.9 Å². The monoisotopic (exact) mass is 1360 g/mol. The Morgan fingerprint density at radius 2 is 0.957 bits per heavy atom. The molecule has 2 fully saturated rings. The second-order valence-electron chi connectivity index (χ2n) is 22.7. The molecule has 29 heteroatoms. The second kappa shape index (κ2) is 38.1. The van der Waals surface area contributed by atoms with Crippen molar-refractivity contribution >= 4 is 59.8 Å². The molecule has 4 aromatic carbocycles. The van der Waals surface area contributed by atoms with E-state index in [1.165, 1.54) is 40.7 Å². The van der Waals surface area contributed by atoms with Crippen LogP contribution in [0.25, 0.3) is 0 Å². The molecule has 0 bridgehead atoms. The fourth-order valence-corrected chi connectivity index (χ4v) is 10.5. The molecule has 2 heterocycles. The van der Waals surface area contributed by atoms with Gasteiger partial charge in [0.05, 0.1) is 36.0 Å². The number of carbonyl (C=O) groups is 10. The topological polar surface area (TPSA) is 326 Å². The van der Waals surface area contributed by atoms with Gasteiger partial charge >= 0.3 is 121 Å². The van der Waals surface area contributed by atoms with E-state index in [-0.39, 0.29) is 159 Å². The maximum absolute atomic E-state index is 15.3. The minimum absolute atomic E-state index is 0. The summed E-state index contributed by atoms with van der Waals surface area (Å²) in [4.78, 5) is 130. The maximum Gasteiger partial charge on any atom is 1.00 e. The third kappa shape index (κ3) is 22.4. The first-order valence-corrected chi connectivity index (χ1v) is 28.7. The number of aryl methyl sites for hydroxylation is 2. The first-order chi connectivity index (χ1) is 42.5. The second-order valence-corrected chi connectivity index (χ2v) is 22.7. The molecule has 6 atom stereocenters. The van der Waals surface area contributed by atoms with Gasteiger partial charge in [0.2, 0.25) is 24.0 Å². The van der Waals surface area contributed by atoms with Gasteiger partial charge in [-0.25, -0.2) is 17.6 Å². The molecule has 0 aromatic heterocycles. The summed E-state index contributed by atoms with van der Waals surface area (Å²) in [6.07, 6.45) is -3.54. The number of likely N-dealkylation sites (N-methyl/N-ethyl adjacent to an activating group) is 2. The molecule has 500 valence electrons. The van der Waals surface area contributed by atoms with Crippen molar-refractivity contribution in [3.05, 3.63) is 129 Å². The number of aliphatic hydroxyl groups excluding tert-OH is 1. The van der Waals surface area contributed by atoms with Crippen molar-refractivity contribution in [3.63, 3.8) is 0 Å². The zero-order chi connectivity index (χ0) is 69.1. The van der Waals surface area contributed by atoms with Gasteiger partial charge in [-0.1, -0.05) is 88.4 Å². The number of amides is 6. The number of ether oxygens (including phenoxy) is 3. The SMILES string of the molecule is CCNC(=O)C1N(C(=O)[C@@H](OC(C)=O)[C@H](Cc2ccccc2)NC(=O)c2cc(C)cc(O)c2C)CC(F)(F)C1(C)C.CCNC(=O)C1N(C(=O)[C@@H](OC(C)=O)[C@H](Cc2ccccc2)NC(=O)c2cc(C)cc(OC(C)=O)c2C)CC(F)(F)C1(C)C.CO.O=CO[O-].[H-].[K+].[K+]. The normalized spacial score (nSPS) is 17.1. The molecule has 6 N–H and O–H groups in total. The minimum atomic E-state index is -3.46. The molecule has 2 aliphatic heterocycles. The predicted octanol–water partition coefficient (Wildman–Crippen LogP) is -1.04. The molecule has 0 aliphatic carbocycles. The van der Waals surface area contributed by atoms with E-state index in [1.54, 1.807) is 120 Å². The summed E-state index contributed by atoms with van der Waals surface area (Å²) >= 11 is 0. The average Bonchev–Trinajstić information content (AvgIpc) is 1.59. The summed E-state index contributed by atoms with van der Waals surface area (Å²) in [5.74, 6) is -14.2. The molecule has 93 heavy (non-hydrogen) atoms. The van der Waals surface area contributed by atoms with Gasteiger partial charge in [-0.3, -0.25) is 47.9 Å². The van der Waals surface area contributed by atoms with Gasteiger partial charge in [-0.15, -0.1) is 0 Å². The van der Waals surface area contributed by atoms with E-state index < -0.39 is 125 Å². The molecule has 0 radical (unpaired) electrons. The van der Waals surface area contributed by atoms with E-state index in [9.17, 15) is 48.3 Å². The van der Waals surface area contributed by atoms with Crippen molar-refractivity contribution < 1.29 is 204 Å². The molecule has 0 saturated carbocycles. The zero-order valence-electron chi connectivity index (χ0n) is 56.3. The number of aromatic hydroxyl groups is 1. The molecule has 2 saturated heterocycles. The first-order valence-electron chi connectivity index (χ1n) is 28.7. The smallest absolute Gasteiger partial charge is 1.00 e. The van der Waals surface area contributed by atoms with Crippen LogP contribution in [0.3, 0.4) is 0 Å². The van der Waals surface area contributed by atoms with E-state index >= 15 is 17.6 Å². The Balaban J connectivity index is 0.00000165. The molecule has 0 spiro atoms. The number of nitrogens with zero attached hydrogens (tertiary/aromatic N) is 2. The van der Waals surface area contributed by atoms with Crippen LogP contribution in [0.4, 0.5) is 17.6 Å². The number of phenolic OH excluding ortho intramolecular Hbond substituents is 1. The fraction of sp³-hybridized carbons (Fsp3) is 0.469. The summed E-state index contributed by atoms with van der Waals surface area (Å²) in [6.45, 7) is 15.9. The van der Waals surface area contributed by atoms with Crippen LogP contribution in [-0.2, 0) is 65.6 Å². The average molecular weight is 1360 g/mol. The predicted molar refractivity (Wildman–Crippen MR) is 321 cm³/mol. The van der Waals surface area contributed by atoms with Gasteiger partial charge in [0.15, 0.2) is 0 Å². The van der Waals surface area contributed by atoms with Gasteiger partial charge in [0, 0.05) is 63.2 Å². The van der Waals surface area contributed by atoms with Crippen molar-refractivity contribution in [3.8, 4) is 11.5 Å². The van der Waals surface area contributed by atoms with E-state index in [0.717, 1.165) is 30.8 Å². The largest absolute Gasteiger partial charge is 1.00 e. The number of aliphatic hydroxyl groups is 1. The Bertz CT molecular complexity index is 3260. The van der Waals surface area contributed by atoms with Crippen LogP contribution in [-0.4, -0.2) is 161 Å². The van der Waals surface area contributed by atoms with Gasteiger partial charge in [0.25, 0.3) is 41.9 Å². The van der Waals surface area contributed by atoms with Gasteiger partial charge in [0.1, 0.15) is 23.6 Å². The van der Waals surface area contributed by atoms with Gasteiger partial charge < -0.3 is 67.1 Å². The number of hydrogen-bond donors (Lipinski definition) is 6. The summed E-state index contributed by atoms with van der Waals surface area (Å²) in [5, 5.41) is 36.2. The minimum Gasteiger partial charge on any atom is -1.00 e. The Kier molecular flexibility index (Phi) is 35.0. The number of likely N-dealkylation sites (tertiary alicyclic amines) is 2. The number of benzene rings is 4. The molecule has 6 rings (SSSR count). The van der Waals surface area contributed by atoms with Crippen LogP contribution < -0.4 is 134 Å². The van der Waals surface area contributed by atoms with Crippen LogP contribution in [0.5, 0.6) is 11.5 Å². The number of alkyl halides is 4. The third-order valence-electron chi connectivity index (χ3n) is 15.2. The number of carbonyl (C=O) groups excluding carboxylic acids is 10. The van der Waals surface area contributed by atoms with Crippen molar-refractivity contribution in [2.45, 2.75) is 151 Å². The molecule has 2 aliphatic rings. The number of phenols is 1. The Hall–Kier alpha value is -5.71. The van der Waals surface area contributed by atoms with Crippen molar-refractivity contribution in [1.29, 1.82) is 0 Å². The van der Waals surface area contributed by atoms with Crippen molar-refractivity contribution in [2.75, 3.05) is 33.3 Å². The summed E-state index contributed by atoms with van der Waals surface area (Å²) in [7, 11) is 1.00. The Morgan fingerprint density at radius 1 is 0.613 bits per heavy atom. The Morgan fingerprint density at radius 3 is 1.28 bits per heavy atom. The van der Waals surface area contributed by atoms with E-state index in [1.807, 2.05) is 0 Å². The van der Waals surface area contributed by atoms with Gasteiger partial charge in [-0.2, -0.15) is 0 Å². The number of rotatable bonds is 20. The first kappa shape index (κ1) is 85.3. The molecule has 6 amide bonds. The molecule has 4 aromatic rings. The van der Waals surface area contributed by atoms with E-state index in [2.05, 4.69) is 26.2 Å². The number of nitrogens with one attached hydrogen (secondary N) is 4. The standard InChI is InChI=1S/C32H39F2N3O7.C30H37F2N3O6.CH2O3.CH4O.2K.H/c1-8-35-29(41)27-31(6,7)32(33,34)17-37(27)30(42)26(44-21(5)39)24(16-22-12-10-9-11-13-22)36-28(40)23-14-18(2)15-25(19(23)3)43-20(4)38;1-7-33-27(39)25-29(5,6)30(31,32)16-35(25)28(40)24(41-19(4)36)22(15-20-11-9-8-10-12-20)34-26(38)21-13-17(2)14-23(37)18(21)3;2-1-4-3;1-2;;;/h9-15,24,26-27H,8,16-17H2,1-7H3,(H,35,41)(H,36,40);8-14,22,24-25,37H,7,15-16H2,1-6H3,(H,33,39)(H,34,38);1,3H;2H,1H3;;;/q;;;;2*+1;-1/p-1/t24-,26-,27?;22-,24-,25?;;;;;/m00...../s1. The summed E-state index contributed by atoms with van der Waals surface area (Å²) in [5.41, 5.74) is -0.466. The van der Waals surface area contributed by atoms with Crippen LogP contribution in [0, 0.1) is 38.5 Å². The molecular weight excluding hydrogens is 1280 g/mol. The van der Waals surface area contributed by atoms with E-state index in [0.29, 0.717) is 33.4 Å². The van der Waals surface area contributed by atoms with Crippen molar-refractivity contribution in [1.82, 2.24) is 31.1 Å². The van der Waals surface area contributed by atoms with Crippen LogP contribution in [0.2, 0.25) is 0 Å². The van der Waals surface area contributed by atoms with Gasteiger partial charge in [-0.05, 0) is 101 Å². The summed E-state index contributed by atoms with van der Waals surface area (Å²) < 4.78 is 77.2. The maximum atomic E-state index is 15.3.